The van der Waals surface area contributed by atoms with Gasteiger partial charge in [0, 0.05) is 5.69 Å². The highest BCUT2D eigenvalue weighted by atomic mass is 16.4. The van der Waals surface area contributed by atoms with Gasteiger partial charge in [0.15, 0.2) is 0 Å². The van der Waals surface area contributed by atoms with Gasteiger partial charge in [-0.15, -0.1) is 0 Å². The Balaban J connectivity index is 2.33. The molecule has 88 valence electrons. The van der Waals surface area contributed by atoms with Gasteiger partial charge >= 0.3 is 5.97 Å². The number of carboxylic acids is 1. The zero-order valence-corrected chi connectivity index (χ0v) is 9.53. The van der Waals surface area contributed by atoms with Crippen LogP contribution in [-0.4, -0.2) is 22.1 Å². The number of hydrogen-bond donors (Lipinski definition) is 2. The summed E-state index contributed by atoms with van der Waals surface area (Å²) >= 11 is 0. The number of nitrogens with zero attached hydrogens (tertiary/aromatic N) is 2. The number of anilines is 1. The van der Waals surface area contributed by atoms with Crippen LogP contribution >= 0.6 is 0 Å². The molecule has 0 amide bonds. The molecule has 5 nitrogen and oxygen atoms in total. The maximum absolute atomic E-state index is 10.8. The van der Waals surface area contributed by atoms with Crippen LogP contribution in [0.4, 0.5) is 5.82 Å². The monoisotopic (exact) mass is 231 g/mol. The number of aliphatic carboxylic acids is 1. The highest BCUT2D eigenvalue weighted by molar-refractivity contribution is 5.77. The molecule has 1 unspecified atom stereocenters. The molecule has 1 atom stereocenters. The fourth-order valence-electron chi connectivity index (χ4n) is 1.93. The normalized spacial score (nSPS) is 14.8. The van der Waals surface area contributed by atoms with Gasteiger partial charge in [-0.2, -0.15) is 5.26 Å². The first kappa shape index (κ1) is 11.4. The molecule has 17 heavy (non-hydrogen) atoms. The van der Waals surface area contributed by atoms with Crippen molar-refractivity contribution >= 4 is 11.8 Å². The second-order valence-electron chi connectivity index (χ2n) is 4.16. The molecule has 2 N–H and O–H groups in total. The zero-order chi connectivity index (χ0) is 12.4. The Morgan fingerprint density at radius 3 is 3.06 bits per heavy atom. The van der Waals surface area contributed by atoms with Crippen LogP contribution in [0.15, 0.2) is 6.07 Å². The van der Waals surface area contributed by atoms with Gasteiger partial charge in [-0.1, -0.05) is 0 Å². The third-order valence-electron chi connectivity index (χ3n) is 2.89. The summed E-state index contributed by atoms with van der Waals surface area (Å²) in [6.07, 6.45) is 2.90. The maximum atomic E-state index is 10.8. The molecule has 0 fully saturated rings. The minimum atomic E-state index is -0.962. The summed E-state index contributed by atoms with van der Waals surface area (Å²) in [5.41, 5.74) is 2.50. The van der Waals surface area contributed by atoms with Crippen molar-refractivity contribution in [1.29, 1.82) is 5.26 Å². The van der Waals surface area contributed by atoms with Crippen molar-refractivity contribution in [3.63, 3.8) is 0 Å². The van der Waals surface area contributed by atoms with Crippen LogP contribution in [0, 0.1) is 11.3 Å². The van der Waals surface area contributed by atoms with Crippen LogP contribution < -0.4 is 5.32 Å². The summed E-state index contributed by atoms with van der Waals surface area (Å²) in [6.45, 7) is 1.53. The van der Waals surface area contributed by atoms with E-state index in [-0.39, 0.29) is 0 Å². The minimum absolute atomic E-state index is 0.378. The summed E-state index contributed by atoms with van der Waals surface area (Å²) in [7, 11) is 0. The molecule has 2 rings (SSSR count). The Morgan fingerprint density at radius 2 is 2.41 bits per heavy atom. The number of nitriles is 1. The van der Waals surface area contributed by atoms with Gasteiger partial charge < -0.3 is 10.4 Å². The fraction of sp³-hybridized carbons (Fsp3) is 0.417. The van der Waals surface area contributed by atoms with E-state index in [0.29, 0.717) is 11.4 Å². The first-order valence-corrected chi connectivity index (χ1v) is 5.54. The molecule has 1 aliphatic carbocycles. The number of pyridine rings is 1. The number of hydrogen-bond acceptors (Lipinski definition) is 4. The van der Waals surface area contributed by atoms with Gasteiger partial charge in [0.1, 0.15) is 17.9 Å². The smallest absolute Gasteiger partial charge is 0.325 e. The van der Waals surface area contributed by atoms with Crippen LogP contribution in [0.3, 0.4) is 0 Å². The maximum Gasteiger partial charge on any atom is 0.325 e. The van der Waals surface area contributed by atoms with Crippen molar-refractivity contribution in [1.82, 2.24) is 4.98 Å². The number of aryl methyl sites for hydroxylation is 2. The minimum Gasteiger partial charge on any atom is -0.480 e. The predicted octanol–water partition coefficient (Wildman–Crippen LogP) is 1.33. The van der Waals surface area contributed by atoms with E-state index in [1.807, 2.05) is 6.07 Å². The number of rotatable bonds is 3. The molecule has 0 spiro atoms. The zero-order valence-electron chi connectivity index (χ0n) is 9.53. The van der Waals surface area contributed by atoms with Crippen molar-refractivity contribution in [3.8, 4) is 6.07 Å². The van der Waals surface area contributed by atoms with Gasteiger partial charge in [0.25, 0.3) is 0 Å². The Hall–Kier alpha value is -2.09. The van der Waals surface area contributed by atoms with Gasteiger partial charge in [-0.25, -0.2) is 4.98 Å². The van der Waals surface area contributed by atoms with E-state index in [1.54, 1.807) is 0 Å². The third kappa shape index (κ3) is 2.21. The van der Waals surface area contributed by atoms with E-state index in [1.165, 1.54) is 6.92 Å². The molecule has 1 heterocycles. The standard InChI is InChI=1S/C12H13N3O2/c1-7(12(16)17)14-11-9(6-13)5-8-3-2-4-10(8)15-11/h5,7H,2-4H2,1H3,(H,14,15)(H,16,17). The number of carbonyl (C=O) groups is 1. The average molecular weight is 231 g/mol. The molecule has 1 aliphatic rings. The summed E-state index contributed by atoms with van der Waals surface area (Å²) in [6, 6.07) is 3.11. The second-order valence-corrected chi connectivity index (χ2v) is 4.16. The van der Waals surface area contributed by atoms with E-state index in [0.717, 1.165) is 30.5 Å². The van der Waals surface area contributed by atoms with Crippen LogP contribution in [0.25, 0.3) is 0 Å². The molecule has 0 saturated carbocycles. The SMILES string of the molecule is CC(Nc1nc2c(cc1C#N)CCC2)C(=O)O. The molecule has 0 radical (unpaired) electrons. The lowest BCUT2D eigenvalue weighted by molar-refractivity contribution is -0.137. The van der Waals surface area contributed by atoms with E-state index >= 15 is 0 Å². The number of fused-ring (bicyclic) bond motifs is 1. The number of aromatic nitrogens is 1. The van der Waals surface area contributed by atoms with Gasteiger partial charge in [-0.3, -0.25) is 4.79 Å². The van der Waals surface area contributed by atoms with Gasteiger partial charge in [0.05, 0.1) is 5.56 Å². The highest BCUT2D eigenvalue weighted by Gasteiger charge is 2.19. The Kier molecular flexibility index (Phi) is 2.96. The molecular weight excluding hydrogens is 218 g/mol. The lowest BCUT2D eigenvalue weighted by Crippen LogP contribution is -2.26. The van der Waals surface area contributed by atoms with E-state index in [2.05, 4.69) is 16.4 Å². The lowest BCUT2D eigenvalue weighted by atomic mass is 10.1. The first-order valence-electron chi connectivity index (χ1n) is 5.54. The van der Waals surface area contributed by atoms with Crippen molar-refractivity contribution in [2.45, 2.75) is 32.2 Å². The number of nitrogens with one attached hydrogen (secondary N) is 1. The van der Waals surface area contributed by atoms with E-state index in [4.69, 9.17) is 10.4 Å². The predicted molar refractivity (Wildman–Crippen MR) is 61.7 cm³/mol. The third-order valence-corrected chi connectivity index (χ3v) is 2.89. The molecule has 0 saturated heterocycles. The van der Waals surface area contributed by atoms with E-state index < -0.39 is 12.0 Å². The molecule has 0 aromatic carbocycles. The first-order chi connectivity index (χ1) is 8.11. The second kappa shape index (κ2) is 4.42. The summed E-state index contributed by atoms with van der Waals surface area (Å²) in [4.78, 5) is 15.1. The van der Waals surface area contributed by atoms with Gasteiger partial charge in [-0.05, 0) is 37.8 Å². The van der Waals surface area contributed by atoms with Crippen LogP contribution in [-0.2, 0) is 17.6 Å². The molecule has 0 bridgehead atoms. The molecular formula is C12H13N3O2. The Labute approximate surface area is 99.1 Å². The summed E-state index contributed by atoms with van der Waals surface area (Å²) < 4.78 is 0. The topological polar surface area (TPSA) is 86.0 Å². The summed E-state index contributed by atoms with van der Waals surface area (Å²) in [5.74, 6) is -0.584. The average Bonchev–Trinajstić information content (AvgIpc) is 2.74. The van der Waals surface area contributed by atoms with Crippen molar-refractivity contribution in [2.24, 2.45) is 0 Å². The Morgan fingerprint density at radius 1 is 1.65 bits per heavy atom. The molecule has 0 aliphatic heterocycles. The van der Waals surface area contributed by atoms with Crippen molar-refractivity contribution in [3.05, 3.63) is 22.9 Å². The van der Waals surface area contributed by atoms with Crippen LogP contribution in [0.1, 0.15) is 30.2 Å². The van der Waals surface area contributed by atoms with Gasteiger partial charge in [0.2, 0.25) is 0 Å². The molecule has 5 heteroatoms. The van der Waals surface area contributed by atoms with Crippen molar-refractivity contribution in [2.75, 3.05) is 5.32 Å². The highest BCUT2D eigenvalue weighted by Crippen LogP contribution is 2.25. The quantitative estimate of drug-likeness (QED) is 0.819. The summed E-state index contributed by atoms with van der Waals surface area (Å²) in [5, 5.41) is 20.6. The largest absolute Gasteiger partial charge is 0.480 e. The molecule has 1 aromatic rings. The van der Waals surface area contributed by atoms with Crippen LogP contribution in [0.2, 0.25) is 0 Å². The molecule has 1 aromatic heterocycles. The lowest BCUT2D eigenvalue weighted by Gasteiger charge is -2.12. The van der Waals surface area contributed by atoms with Crippen molar-refractivity contribution < 1.29 is 9.90 Å². The Bertz CT molecular complexity index is 505. The van der Waals surface area contributed by atoms with Crippen LogP contribution in [0.5, 0.6) is 0 Å². The fourth-order valence-corrected chi connectivity index (χ4v) is 1.93. The van der Waals surface area contributed by atoms with E-state index in [9.17, 15) is 4.79 Å². The number of carboxylic acid groups (broad SMARTS) is 1.